The Balaban J connectivity index is 2.34. The van der Waals surface area contributed by atoms with E-state index in [2.05, 4.69) is 77.9 Å². The normalized spacial score (nSPS) is 27.0. The van der Waals surface area contributed by atoms with E-state index in [1.807, 2.05) is 0 Å². The molecule has 0 saturated carbocycles. The van der Waals surface area contributed by atoms with Crippen molar-refractivity contribution >= 4 is 68.6 Å². The summed E-state index contributed by atoms with van der Waals surface area (Å²) in [5.74, 6) is 0. The zero-order valence-corrected chi connectivity index (χ0v) is 11.1. The average molecular weight is 465 g/mol. The maximum Gasteiger partial charge on any atom is 0.0718 e. The number of nitrogens with zero attached hydrogens (tertiary/aromatic N) is 3. The molecular weight excluding hydrogens is 459 g/mol. The van der Waals surface area contributed by atoms with Crippen LogP contribution in [0.4, 0.5) is 0 Å². The van der Waals surface area contributed by atoms with E-state index in [1.165, 1.54) is 0 Å². The smallest absolute Gasteiger partial charge is 0.0718 e. The summed E-state index contributed by atoms with van der Waals surface area (Å²) >= 11 is 6.98. The molecule has 0 aliphatic carbocycles. The molecule has 0 amide bonds. The van der Waals surface area contributed by atoms with Gasteiger partial charge in [-0.1, -0.05) is 0 Å². The van der Waals surface area contributed by atoms with Crippen LogP contribution in [-0.4, -0.2) is 29.3 Å². The molecule has 0 aromatic heterocycles. The standard InChI is InChI=1S/C3H6I3N3/c4-7-1-8(5)3-9(6)2-7/h1-3H2. The van der Waals surface area contributed by atoms with Crippen molar-refractivity contribution in [2.75, 3.05) is 20.0 Å². The van der Waals surface area contributed by atoms with Gasteiger partial charge in [0.25, 0.3) is 0 Å². The van der Waals surface area contributed by atoms with Gasteiger partial charge < -0.3 is 0 Å². The molecule has 0 aromatic rings. The van der Waals surface area contributed by atoms with Gasteiger partial charge in [0.05, 0.1) is 20.0 Å². The highest BCUT2D eigenvalue weighted by Crippen LogP contribution is 2.17. The first-order valence-corrected chi connectivity index (χ1v) is 5.30. The zero-order chi connectivity index (χ0) is 6.85. The van der Waals surface area contributed by atoms with Crippen LogP contribution in [-0.2, 0) is 0 Å². The summed E-state index contributed by atoms with van der Waals surface area (Å²) in [5.41, 5.74) is 0. The third-order valence-corrected chi connectivity index (χ3v) is 2.75. The van der Waals surface area contributed by atoms with Crippen LogP contribution < -0.4 is 0 Å². The molecule has 9 heavy (non-hydrogen) atoms. The van der Waals surface area contributed by atoms with Gasteiger partial charge >= 0.3 is 0 Å². The highest BCUT2D eigenvalue weighted by molar-refractivity contribution is 14.1. The van der Waals surface area contributed by atoms with Crippen LogP contribution in [0.2, 0.25) is 0 Å². The molecule has 3 nitrogen and oxygen atoms in total. The molecule has 0 unspecified atom stereocenters. The van der Waals surface area contributed by atoms with Gasteiger partial charge in [-0.3, -0.25) is 0 Å². The lowest BCUT2D eigenvalue weighted by molar-refractivity contribution is 0.201. The summed E-state index contributed by atoms with van der Waals surface area (Å²) in [7, 11) is 0. The predicted octanol–water partition coefficient (Wildman–Crippen LogP) is 1.83. The third-order valence-electron chi connectivity index (χ3n) is 0.921. The molecule has 1 aliphatic rings. The topological polar surface area (TPSA) is 9.72 Å². The Morgan fingerprint density at radius 1 is 0.667 bits per heavy atom. The number of hydrogen-bond donors (Lipinski definition) is 0. The number of rotatable bonds is 0. The fourth-order valence-corrected chi connectivity index (χ4v) is 4.59. The Hall–Kier alpha value is 2.07. The Labute approximate surface area is 96.6 Å². The first-order chi connectivity index (χ1) is 4.18. The molecule has 0 bridgehead atoms. The summed E-state index contributed by atoms with van der Waals surface area (Å²) in [6.07, 6.45) is 0. The first kappa shape index (κ1) is 9.16. The van der Waals surface area contributed by atoms with Crippen molar-refractivity contribution in [1.82, 2.24) is 9.34 Å². The van der Waals surface area contributed by atoms with E-state index in [4.69, 9.17) is 0 Å². The molecule has 0 radical (unpaired) electrons. The second-order valence-electron chi connectivity index (χ2n) is 1.81. The molecule has 0 atom stereocenters. The van der Waals surface area contributed by atoms with Crippen LogP contribution >= 0.6 is 68.6 Å². The van der Waals surface area contributed by atoms with Crippen LogP contribution in [0.5, 0.6) is 0 Å². The maximum absolute atomic E-state index is 2.33. The molecule has 54 valence electrons. The minimum Gasteiger partial charge on any atom is -0.218 e. The van der Waals surface area contributed by atoms with Crippen LogP contribution in [0.25, 0.3) is 0 Å². The SMILES string of the molecule is IN1CN(I)CN(I)C1. The number of hydrogen-bond acceptors (Lipinski definition) is 3. The van der Waals surface area contributed by atoms with Crippen molar-refractivity contribution < 1.29 is 0 Å². The lowest BCUT2D eigenvalue weighted by atomic mass is 10.8. The van der Waals surface area contributed by atoms with Gasteiger partial charge in [0.15, 0.2) is 0 Å². The Morgan fingerprint density at radius 3 is 1.11 bits per heavy atom. The maximum atomic E-state index is 2.33. The molecule has 1 rings (SSSR count). The van der Waals surface area contributed by atoms with Gasteiger partial charge in [0.1, 0.15) is 0 Å². The lowest BCUT2D eigenvalue weighted by Gasteiger charge is -2.32. The minimum atomic E-state index is 1.06. The molecule has 0 N–H and O–H groups in total. The van der Waals surface area contributed by atoms with E-state index in [1.54, 1.807) is 0 Å². The Bertz CT molecular complexity index is 75.3. The predicted molar refractivity (Wildman–Crippen MR) is 62.2 cm³/mol. The van der Waals surface area contributed by atoms with Crippen molar-refractivity contribution in [2.24, 2.45) is 0 Å². The highest BCUT2D eigenvalue weighted by atomic mass is 127. The second-order valence-corrected chi connectivity index (χ2v) is 5.91. The van der Waals surface area contributed by atoms with Crippen LogP contribution in [0.3, 0.4) is 0 Å². The largest absolute Gasteiger partial charge is 0.218 e. The van der Waals surface area contributed by atoms with Gasteiger partial charge in [-0.25, -0.2) is 9.34 Å². The molecule has 1 aliphatic heterocycles. The van der Waals surface area contributed by atoms with Gasteiger partial charge in [-0.05, 0) is 0 Å². The van der Waals surface area contributed by atoms with E-state index < -0.39 is 0 Å². The van der Waals surface area contributed by atoms with Crippen molar-refractivity contribution in [3.8, 4) is 0 Å². The fourth-order valence-electron chi connectivity index (χ4n) is 0.634. The summed E-state index contributed by atoms with van der Waals surface area (Å²) in [6.45, 7) is 3.17. The van der Waals surface area contributed by atoms with E-state index in [-0.39, 0.29) is 0 Å². The Morgan fingerprint density at radius 2 is 0.889 bits per heavy atom. The summed E-state index contributed by atoms with van der Waals surface area (Å²) in [4.78, 5) is 0. The quantitative estimate of drug-likeness (QED) is 0.400. The number of halogens is 3. The molecule has 6 heteroatoms. The molecule has 1 fully saturated rings. The molecule has 1 saturated heterocycles. The summed E-state index contributed by atoms with van der Waals surface area (Å²) in [6, 6.07) is 0. The lowest BCUT2D eigenvalue weighted by Crippen LogP contribution is -2.42. The van der Waals surface area contributed by atoms with Gasteiger partial charge in [0.2, 0.25) is 0 Å². The molecule has 0 aromatic carbocycles. The van der Waals surface area contributed by atoms with E-state index >= 15 is 0 Å². The summed E-state index contributed by atoms with van der Waals surface area (Å²) in [5, 5.41) is 0. The zero-order valence-electron chi connectivity index (χ0n) is 4.60. The van der Waals surface area contributed by atoms with Crippen LogP contribution in [0.15, 0.2) is 0 Å². The monoisotopic (exact) mass is 465 g/mol. The molecular formula is C3H6I3N3. The summed E-state index contributed by atoms with van der Waals surface area (Å²) < 4.78 is 6.71. The van der Waals surface area contributed by atoms with Crippen molar-refractivity contribution in [1.29, 1.82) is 0 Å². The van der Waals surface area contributed by atoms with Crippen LogP contribution in [0.1, 0.15) is 0 Å². The van der Waals surface area contributed by atoms with Gasteiger partial charge in [-0.15, -0.1) is 0 Å². The van der Waals surface area contributed by atoms with Crippen molar-refractivity contribution in [3.63, 3.8) is 0 Å². The van der Waals surface area contributed by atoms with Crippen molar-refractivity contribution in [2.45, 2.75) is 0 Å². The molecule has 0 spiro atoms. The third kappa shape index (κ3) is 3.31. The molecule has 1 heterocycles. The van der Waals surface area contributed by atoms with Crippen molar-refractivity contribution in [3.05, 3.63) is 0 Å². The van der Waals surface area contributed by atoms with E-state index in [0.717, 1.165) is 20.0 Å². The average Bonchev–Trinajstić information content (AvgIpc) is 1.59. The van der Waals surface area contributed by atoms with E-state index in [9.17, 15) is 0 Å². The second kappa shape index (κ2) is 4.18. The van der Waals surface area contributed by atoms with Crippen LogP contribution in [0, 0.1) is 0 Å². The van der Waals surface area contributed by atoms with Gasteiger partial charge in [-0.2, -0.15) is 0 Å². The highest BCUT2D eigenvalue weighted by Gasteiger charge is 2.17. The first-order valence-electron chi connectivity index (χ1n) is 2.40. The van der Waals surface area contributed by atoms with E-state index in [0.29, 0.717) is 0 Å². The fraction of sp³-hybridized carbons (Fsp3) is 1.00. The minimum absolute atomic E-state index is 1.06. The van der Waals surface area contributed by atoms with Gasteiger partial charge in [0, 0.05) is 68.6 Å². The Kier molecular flexibility index (Phi) is 4.26.